The normalized spacial score (nSPS) is 20.1. The van der Waals surface area contributed by atoms with Crippen molar-refractivity contribution in [2.75, 3.05) is 0 Å². The molecule has 0 saturated heterocycles. The molecule has 49 radical (unpaired) electrons. The molecule has 61 heteroatoms. The standard InChI is InChI=1S/C21H21NO7.C21H17NO7.B23.B22/c2*1-2-8-3-4-12(23)15-11(8)6-9-5-10-7-13(24)16(20(22)28)19(27)21(10,29)18(26)14(9)17(15)25;1-13-19(12)22(18(10)11)23(20(14(2)3)15(4)5)21(16(6)7)17(8)9;1-13(2)19(14(3)4)22(20(15(5)6)16(7)8)21(17(9)10)18(11)12/h3-4,9-10,23,25,27,29H,2,5-7H2,1H3,(H2,22,28);1,3-4,9-10,23,25,27,29H,5-7H2,(H2,22,28);;/t2*9-,10+,21+;;/m11../s1. The quantitative estimate of drug-likeness (QED) is 0.0298. The number of carbonyl (C=O) groups excluding carboxylic acids is 6. The number of aromatic hydroxyl groups is 2. The van der Waals surface area contributed by atoms with E-state index in [2.05, 4.69) is 5.92 Å². The Morgan fingerprint density at radius 3 is 1.05 bits per heavy atom. The fraction of sp³-hybridized carbons (Fsp3) is 0.333. The first kappa shape index (κ1) is 89.8. The Hall–Kier alpha value is -3.78. The van der Waals surface area contributed by atoms with Gasteiger partial charge in [0, 0.05) is 362 Å². The van der Waals surface area contributed by atoms with Gasteiger partial charge in [-0.05, 0) is 78.8 Å². The third-order valence-electron chi connectivity index (χ3n) is 20.7. The molecule has 2 aromatic rings. The summed E-state index contributed by atoms with van der Waals surface area (Å²) in [6, 6.07) is 6.00. The number of benzene rings is 2. The summed E-state index contributed by atoms with van der Waals surface area (Å²) >= 11 is 0. The van der Waals surface area contributed by atoms with E-state index in [0.29, 0.717) is 24.0 Å². The molecule has 16 nitrogen and oxygen atoms in total. The molecule has 0 aromatic heterocycles. The molecule has 103 heavy (non-hydrogen) atoms. The zero-order valence-electron chi connectivity index (χ0n) is 56.8. The zero-order valence-corrected chi connectivity index (χ0v) is 56.8. The van der Waals surface area contributed by atoms with Crippen LogP contribution in [-0.4, -0.2) is 407 Å². The van der Waals surface area contributed by atoms with E-state index in [-0.39, 0.29) is 65.9 Å². The van der Waals surface area contributed by atoms with Crippen LogP contribution in [0.15, 0.2) is 58.1 Å². The molecular formula is C42H38B45N2O14. The molecule has 6 aliphatic carbocycles. The second-order valence-corrected chi connectivity index (χ2v) is 27.1. The summed E-state index contributed by atoms with van der Waals surface area (Å²) in [5.74, 6) is -10.2. The number of rotatable bonds is 22. The van der Waals surface area contributed by atoms with Gasteiger partial charge in [0.05, 0.1) is 11.1 Å². The van der Waals surface area contributed by atoms with Crippen LogP contribution in [0.2, 0.25) is 0 Å². The highest BCUT2D eigenvalue weighted by Crippen LogP contribution is 2.54. The second kappa shape index (κ2) is 36.6. The summed E-state index contributed by atoms with van der Waals surface area (Å²) in [4.78, 5) is 74.2. The van der Waals surface area contributed by atoms with Gasteiger partial charge in [0.15, 0.2) is 22.8 Å². The lowest BCUT2D eigenvalue weighted by atomic mass is 8.36. The Kier molecular flexibility index (Phi) is 31.9. The van der Waals surface area contributed by atoms with E-state index in [1.165, 1.54) is 25.3 Å². The predicted octanol–water partition coefficient (Wildman–Crippen LogP) is -15.7. The highest BCUT2D eigenvalue weighted by atomic mass is 16.4. The van der Waals surface area contributed by atoms with Gasteiger partial charge in [-0.15, -0.1) is 6.42 Å². The maximum Gasteiger partial charge on any atom is 0.255 e. The summed E-state index contributed by atoms with van der Waals surface area (Å²) in [5.41, 5.74) is 5.98. The largest absolute Gasteiger partial charge is 0.508 e. The average Bonchev–Trinajstić information content (AvgIpc) is 0.715. The maximum atomic E-state index is 13.3. The van der Waals surface area contributed by atoms with Gasteiger partial charge in [-0.1, -0.05) is 18.9 Å². The molecule has 0 spiro atoms. The topological polar surface area (TPSA) is 316 Å². The monoisotopic (exact) mass is 1290 g/mol. The Morgan fingerprint density at radius 2 is 0.767 bits per heavy atom. The number of carbonyl (C=O) groups is 6. The number of aryl methyl sites for hydroxylation is 1. The van der Waals surface area contributed by atoms with Gasteiger partial charge in [0.1, 0.15) is 45.7 Å². The molecule has 435 valence electrons. The van der Waals surface area contributed by atoms with Gasteiger partial charge in [-0.3, -0.25) is 28.8 Å². The van der Waals surface area contributed by atoms with Crippen LogP contribution in [0.4, 0.5) is 0 Å². The minimum Gasteiger partial charge on any atom is -0.508 e. The predicted molar refractivity (Wildman–Crippen MR) is 459 cm³/mol. The number of nitrogens with two attached hydrogens (primary N) is 2. The number of fused-ring (bicyclic) bond motifs is 6. The van der Waals surface area contributed by atoms with Crippen LogP contribution >= 0.6 is 0 Å². The number of phenolic OH excluding ortho intramolecular Hbond substituents is 2. The molecule has 8 rings (SSSR count). The van der Waals surface area contributed by atoms with Gasteiger partial charge >= 0.3 is 0 Å². The number of hydrogen-bond acceptors (Lipinski definition) is 14. The molecule has 0 bridgehead atoms. The van der Waals surface area contributed by atoms with E-state index in [4.69, 9.17) is 204 Å². The molecule has 0 aliphatic heterocycles. The van der Waals surface area contributed by atoms with Crippen LogP contribution in [0.5, 0.6) is 11.5 Å². The van der Waals surface area contributed by atoms with Crippen molar-refractivity contribution in [3.63, 3.8) is 0 Å². The van der Waals surface area contributed by atoms with Gasteiger partial charge in [0.2, 0.25) is 11.6 Å². The lowest BCUT2D eigenvalue weighted by Crippen LogP contribution is -2.83. The van der Waals surface area contributed by atoms with Gasteiger partial charge < -0.3 is 52.3 Å². The smallest absolute Gasteiger partial charge is 0.255 e. The van der Waals surface area contributed by atoms with E-state index in [0.717, 1.165) is 11.1 Å². The first-order chi connectivity index (χ1) is 47.6. The minimum absolute atomic E-state index is 0.00687. The van der Waals surface area contributed by atoms with E-state index in [1.54, 1.807) is 6.07 Å². The van der Waals surface area contributed by atoms with Crippen molar-refractivity contribution in [3.05, 3.63) is 91.5 Å². The molecule has 0 unspecified atom stereocenters. The van der Waals surface area contributed by atoms with Crippen molar-refractivity contribution in [3.8, 4) is 23.8 Å². The summed E-state index contributed by atoms with van der Waals surface area (Å²) in [7, 11) is 141. The highest BCUT2D eigenvalue weighted by molar-refractivity contribution is 8.24. The Bertz CT molecular complexity index is 3600. The lowest BCUT2D eigenvalue weighted by Gasteiger charge is -2.46. The third kappa shape index (κ3) is 18.1. The highest BCUT2D eigenvalue weighted by Gasteiger charge is 2.62. The van der Waals surface area contributed by atoms with Crippen LogP contribution in [0, 0.1) is 36.0 Å². The SMILES string of the molecule is C#Cc1ccc(O)c2c1C[C@H]1C[C@H]3CC(=O)C(C(N)=O)=C(O)[C@@]3(O)C(=O)C1=C2O.CCc1ccc(O)c2c1C[C@H]1C[C@H]3CC(=O)C(C(N)=O)=C(O)[C@@]3(O)C(=O)C1=C2O.[B]B([B])B(B([B])[B])B(B(B([B])[B])B([B])[B])B(B([B])[B])B([B])[B].[B][B]B([B])B(B([B])[B])B(B(B([B])[B])B([B])[B])B(B([B])[B])B([B])[B]. The molecule has 6 atom stereocenters. The molecule has 2 fully saturated rings. The summed E-state index contributed by atoms with van der Waals surface area (Å²) in [6.07, 6.45) is -10.1. The summed E-state index contributed by atoms with van der Waals surface area (Å²) in [5, 5.41) is 85.3. The van der Waals surface area contributed by atoms with E-state index in [9.17, 15) is 69.6 Å². The number of phenols is 2. The van der Waals surface area contributed by atoms with Crippen molar-refractivity contribution in [1.29, 1.82) is 0 Å². The van der Waals surface area contributed by atoms with Gasteiger partial charge in [0.25, 0.3) is 11.8 Å². The molecule has 0 heterocycles. The van der Waals surface area contributed by atoms with E-state index >= 15 is 0 Å². The Morgan fingerprint density at radius 1 is 0.476 bits per heavy atom. The number of amides is 2. The van der Waals surface area contributed by atoms with Crippen molar-refractivity contribution in [1.82, 2.24) is 0 Å². The number of ketones is 4. The lowest BCUT2D eigenvalue weighted by molar-refractivity contribution is -0.148. The number of primary amides is 2. The molecule has 2 amide bonds. The fourth-order valence-corrected chi connectivity index (χ4v) is 16.1. The summed E-state index contributed by atoms with van der Waals surface area (Å²) in [6.45, 7) is 1.93. The van der Waals surface area contributed by atoms with Gasteiger partial charge in [-0.25, -0.2) is 0 Å². The van der Waals surface area contributed by atoms with E-state index < -0.39 is 232 Å². The van der Waals surface area contributed by atoms with Gasteiger partial charge in [-0.2, -0.15) is 0 Å². The fourth-order valence-electron chi connectivity index (χ4n) is 16.1. The van der Waals surface area contributed by atoms with Crippen molar-refractivity contribution >= 4 is 367 Å². The molecule has 2 aromatic carbocycles. The molecule has 6 aliphatic rings. The van der Waals surface area contributed by atoms with Crippen molar-refractivity contribution in [2.24, 2.45) is 35.1 Å². The maximum absolute atomic E-state index is 13.3. The number of Topliss-reactive ketones (excluding diaryl/α,β-unsaturated/α-hetero) is 4. The minimum atomic E-state index is -2.56. The Balaban J connectivity index is 0.000000250. The third-order valence-corrected chi connectivity index (χ3v) is 20.7. The number of aliphatic hydroxyl groups excluding tert-OH is 4. The average molecular weight is 1280 g/mol. The number of hydrogen-bond donors (Lipinski definition) is 10. The van der Waals surface area contributed by atoms with Crippen LogP contribution < -0.4 is 11.5 Å². The number of aliphatic hydroxyl groups is 6. The first-order valence-electron chi connectivity index (χ1n) is 32.7. The van der Waals surface area contributed by atoms with Crippen molar-refractivity contribution < 1.29 is 69.6 Å². The molecule has 12 N–H and O–H groups in total. The molecular weight excluding hydrogens is 1240 g/mol. The van der Waals surface area contributed by atoms with Crippen molar-refractivity contribution in [2.45, 2.75) is 63.1 Å². The van der Waals surface area contributed by atoms with Crippen LogP contribution in [0.3, 0.4) is 0 Å². The molecule has 2 saturated carbocycles. The number of terminal acetylenes is 1. The van der Waals surface area contributed by atoms with Crippen LogP contribution in [-0.2, 0) is 48.0 Å². The second-order valence-electron chi connectivity index (χ2n) is 27.1. The van der Waals surface area contributed by atoms with Crippen LogP contribution in [0.1, 0.15) is 66.0 Å². The van der Waals surface area contributed by atoms with Crippen LogP contribution in [0.25, 0.3) is 11.5 Å². The summed E-state index contributed by atoms with van der Waals surface area (Å²) < 4.78 is 0. The van der Waals surface area contributed by atoms with E-state index in [1.807, 2.05) is 6.92 Å². The zero-order chi connectivity index (χ0) is 78.8. The first-order valence-corrected chi connectivity index (χ1v) is 32.7. The Labute approximate surface area is 645 Å².